The second-order valence-electron chi connectivity index (χ2n) is 6.35. The van der Waals surface area contributed by atoms with Gasteiger partial charge >= 0.3 is 5.97 Å². The first-order valence-corrected chi connectivity index (χ1v) is 9.40. The van der Waals surface area contributed by atoms with E-state index in [4.69, 9.17) is 17.0 Å². The monoisotopic (exact) mass is 362 g/mol. The van der Waals surface area contributed by atoms with Crippen LogP contribution >= 0.6 is 12.2 Å². The number of hydrogen-bond acceptors (Lipinski definition) is 4. The number of carbonyl (C=O) groups is 2. The van der Waals surface area contributed by atoms with Crippen LogP contribution < -0.4 is 10.6 Å². The number of esters is 1. The van der Waals surface area contributed by atoms with E-state index in [-0.39, 0.29) is 22.9 Å². The molecule has 0 radical (unpaired) electrons. The van der Waals surface area contributed by atoms with Crippen LogP contribution in [0.5, 0.6) is 0 Å². The van der Waals surface area contributed by atoms with E-state index in [1.807, 2.05) is 6.92 Å². The minimum absolute atomic E-state index is 0.0210. The number of rotatable bonds is 6. The molecule has 1 amide bonds. The summed E-state index contributed by atoms with van der Waals surface area (Å²) in [6.45, 7) is 2.46. The number of ether oxygens (including phenoxy) is 1. The summed E-state index contributed by atoms with van der Waals surface area (Å²) in [5.74, 6) is -0.324. The molecule has 1 fully saturated rings. The lowest BCUT2D eigenvalue weighted by Gasteiger charge is -2.21. The van der Waals surface area contributed by atoms with E-state index in [9.17, 15) is 9.59 Å². The largest absolute Gasteiger partial charge is 0.462 e. The van der Waals surface area contributed by atoms with Gasteiger partial charge in [-0.3, -0.25) is 4.79 Å². The number of thiocarbonyl (C=S) groups is 1. The summed E-state index contributed by atoms with van der Waals surface area (Å²) in [5.41, 5.74) is 1.11. The van der Waals surface area contributed by atoms with Crippen LogP contribution in [-0.2, 0) is 9.53 Å². The molecule has 1 aromatic rings. The van der Waals surface area contributed by atoms with E-state index in [0.29, 0.717) is 17.9 Å². The summed E-state index contributed by atoms with van der Waals surface area (Å²) in [7, 11) is 0. The Morgan fingerprint density at radius 2 is 2.00 bits per heavy atom. The maximum atomic E-state index is 12.2. The van der Waals surface area contributed by atoms with Crippen LogP contribution in [0.25, 0.3) is 0 Å². The van der Waals surface area contributed by atoms with Crippen LogP contribution in [0.3, 0.4) is 0 Å². The first-order chi connectivity index (χ1) is 12.1. The molecule has 25 heavy (non-hydrogen) atoms. The third kappa shape index (κ3) is 6.46. The Balaban J connectivity index is 1.86. The van der Waals surface area contributed by atoms with Gasteiger partial charge in [-0.25, -0.2) is 4.79 Å². The highest BCUT2D eigenvalue weighted by Crippen LogP contribution is 2.23. The van der Waals surface area contributed by atoms with E-state index < -0.39 is 0 Å². The van der Waals surface area contributed by atoms with Gasteiger partial charge in [0, 0.05) is 11.6 Å². The molecular formula is C19H26N2O3S. The van der Waals surface area contributed by atoms with Gasteiger partial charge in [0.2, 0.25) is 5.91 Å². The van der Waals surface area contributed by atoms with Gasteiger partial charge in [-0.1, -0.05) is 38.7 Å². The lowest BCUT2D eigenvalue weighted by Crippen LogP contribution is -2.39. The fourth-order valence-electron chi connectivity index (χ4n) is 2.86. The van der Waals surface area contributed by atoms with Crippen molar-refractivity contribution in [1.29, 1.82) is 0 Å². The summed E-state index contributed by atoms with van der Waals surface area (Å²) < 4.78 is 5.20. The fourth-order valence-corrected chi connectivity index (χ4v) is 3.08. The standard InChI is InChI=1S/C19H26N2O3S/c1-2-3-12-24-18(23)15-10-7-11-16(13-15)20-19(25)21-17(22)14-8-5-4-6-9-14/h7,10-11,13-14H,2-6,8-9,12H2,1H3,(H2,20,21,22,25). The number of carbonyl (C=O) groups excluding carboxylic acids is 2. The van der Waals surface area contributed by atoms with E-state index >= 15 is 0 Å². The Kier molecular flexibility index (Phi) is 7.85. The SMILES string of the molecule is CCCCOC(=O)c1cccc(NC(=S)NC(=O)C2CCCCC2)c1. The van der Waals surface area contributed by atoms with Crippen LogP contribution in [0, 0.1) is 5.92 Å². The van der Waals surface area contributed by atoms with Gasteiger partial charge in [-0.2, -0.15) is 0 Å². The van der Waals surface area contributed by atoms with Crippen molar-refractivity contribution in [3.05, 3.63) is 29.8 Å². The van der Waals surface area contributed by atoms with Crippen molar-refractivity contribution in [3.8, 4) is 0 Å². The van der Waals surface area contributed by atoms with Crippen molar-refractivity contribution >= 4 is 34.9 Å². The van der Waals surface area contributed by atoms with Gasteiger partial charge in [0.25, 0.3) is 0 Å². The van der Waals surface area contributed by atoms with Gasteiger partial charge < -0.3 is 15.4 Å². The Morgan fingerprint density at radius 3 is 2.72 bits per heavy atom. The summed E-state index contributed by atoms with van der Waals surface area (Å²) in [6, 6.07) is 6.92. The van der Waals surface area contributed by atoms with Crippen molar-refractivity contribution < 1.29 is 14.3 Å². The van der Waals surface area contributed by atoms with E-state index in [2.05, 4.69) is 10.6 Å². The molecule has 1 saturated carbocycles. The molecule has 2 rings (SSSR count). The van der Waals surface area contributed by atoms with Gasteiger partial charge in [0.1, 0.15) is 0 Å². The van der Waals surface area contributed by atoms with Gasteiger partial charge in [-0.15, -0.1) is 0 Å². The Bertz CT molecular complexity index is 612. The van der Waals surface area contributed by atoms with Crippen molar-refractivity contribution in [2.75, 3.05) is 11.9 Å². The molecular weight excluding hydrogens is 336 g/mol. The molecule has 6 heteroatoms. The molecule has 0 spiro atoms. The van der Waals surface area contributed by atoms with Gasteiger partial charge in [0.15, 0.2) is 5.11 Å². The second-order valence-corrected chi connectivity index (χ2v) is 6.76. The molecule has 0 atom stereocenters. The summed E-state index contributed by atoms with van der Waals surface area (Å²) >= 11 is 5.22. The predicted octanol–water partition coefficient (Wildman–Crippen LogP) is 4.04. The van der Waals surface area contributed by atoms with Gasteiger partial charge in [0.05, 0.1) is 12.2 Å². The Labute approximate surface area is 154 Å². The average molecular weight is 362 g/mol. The zero-order valence-corrected chi connectivity index (χ0v) is 15.5. The fraction of sp³-hybridized carbons (Fsp3) is 0.526. The summed E-state index contributed by atoms with van der Waals surface area (Å²) in [4.78, 5) is 24.2. The zero-order chi connectivity index (χ0) is 18.1. The highest BCUT2D eigenvalue weighted by atomic mass is 32.1. The molecule has 2 N–H and O–H groups in total. The van der Waals surface area contributed by atoms with Crippen molar-refractivity contribution in [2.24, 2.45) is 5.92 Å². The highest BCUT2D eigenvalue weighted by molar-refractivity contribution is 7.80. The maximum absolute atomic E-state index is 12.2. The predicted molar refractivity (Wildman–Crippen MR) is 103 cm³/mol. The Morgan fingerprint density at radius 1 is 1.24 bits per heavy atom. The Hall–Kier alpha value is -1.95. The van der Waals surface area contributed by atoms with E-state index in [0.717, 1.165) is 38.5 Å². The molecule has 0 heterocycles. The van der Waals surface area contributed by atoms with Crippen molar-refractivity contribution in [2.45, 2.75) is 51.9 Å². The van der Waals surface area contributed by atoms with Crippen LogP contribution in [0.15, 0.2) is 24.3 Å². The van der Waals surface area contributed by atoms with Crippen LogP contribution in [0.2, 0.25) is 0 Å². The minimum atomic E-state index is -0.353. The smallest absolute Gasteiger partial charge is 0.338 e. The normalized spacial score (nSPS) is 14.6. The molecule has 0 bridgehead atoms. The molecule has 0 aliphatic heterocycles. The second kappa shape index (κ2) is 10.1. The average Bonchev–Trinajstić information content (AvgIpc) is 2.62. The lowest BCUT2D eigenvalue weighted by molar-refractivity contribution is -0.124. The number of anilines is 1. The number of nitrogens with one attached hydrogen (secondary N) is 2. The van der Waals surface area contributed by atoms with Crippen LogP contribution in [0.1, 0.15) is 62.2 Å². The number of unbranched alkanes of at least 4 members (excludes halogenated alkanes) is 1. The first-order valence-electron chi connectivity index (χ1n) is 8.99. The molecule has 0 unspecified atom stereocenters. The highest BCUT2D eigenvalue weighted by Gasteiger charge is 2.21. The van der Waals surface area contributed by atoms with Gasteiger partial charge in [-0.05, 0) is 49.7 Å². The third-order valence-electron chi connectivity index (χ3n) is 4.30. The molecule has 136 valence electrons. The number of amides is 1. The molecule has 0 aromatic heterocycles. The number of benzene rings is 1. The topological polar surface area (TPSA) is 67.4 Å². The first kappa shape index (κ1) is 19.4. The zero-order valence-electron chi connectivity index (χ0n) is 14.7. The third-order valence-corrected chi connectivity index (χ3v) is 4.50. The van der Waals surface area contributed by atoms with Crippen molar-refractivity contribution in [3.63, 3.8) is 0 Å². The lowest BCUT2D eigenvalue weighted by atomic mass is 9.89. The summed E-state index contributed by atoms with van der Waals surface area (Å²) in [6.07, 6.45) is 7.07. The minimum Gasteiger partial charge on any atom is -0.462 e. The molecule has 5 nitrogen and oxygen atoms in total. The molecule has 0 saturated heterocycles. The van der Waals surface area contributed by atoms with Crippen LogP contribution in [0.4, 0.5) is 5.69 Å². The van der Waals surface area contributed by atoms with Crippen LogP contribution in [-0.4, -0.2) is 23.6 Å². The summed E-state index contributed by atoms with van der Waals surface area (Å²) in [5, 5.41) is 5.98. The molecule has 1 aliphatic carbocycles. The van der Waals surface area contributed by atoms with E-state index in [1.54, 1.807) is 24.3 Å². The quantitative estimate of drug-likeness (QED) is 0.454. The number of hydrogen-bond donors (Lipinski definition) is 2. The van der Waals surface area contributed by atoms with E-state index in [1.165, 1.54) is 6.42 Å². The maximum Gasteiger partial charge on any atom is 0.338 e. The molecule has 1 aliphatic rings. The molecule has 1 aromatic carbocycles. The van der Waals surface area contributed by atoms with Crippen molar-refractivity contribution in [1.82, 2.24) is 5.32 Å².